The maximum absolute atomic E-state index is 12.5. The van der Waals surface area contributed by atoms with Gasteiger partial charge in [-0.3, -0.25) is 4.79 Å². The SMILES string of the molecule is CCC(=O)SCC(C)C(=O)[N+]1(C(=O)O)CCC[C@H]1C. The van der Waals surface area contributed by atoms with Gasteiger partial charge < -0.3 is 5.11 Å². The standard InChI is InChI=1S/C13H21NO4S/c1-4-11(15)19-8-9(2)12(16)14(13(17)18)7-5-6-10(14)3/h9-10H,4-8H2,1-3H3/p+1/t9?,10-,14?/m1/s1. The molecule has 0 saturated carbocycles. The number of imide groups is 1. The topological polar surface area (TPSA) is 71.4 Å². The Labute approximate surface area is 117 Å². The molecule has 0 aliphatic carbocycles. The summed E-state index contributed by atoms with van der Waals surface area (Å²) in [6.07, 6.45) is 0.883. The van der Waals surface area contributed by atoms with Gasteiger partial charge in [-0.1, -0.05) is 18.7 Å². The van der Waals surface area contributed by atoms with Crippen LogP contribution in [0.5, 0.6) is 0 Å². The molecule has 5 nitrogen and oxygen atoms in total. The fourth-order valence-corrected chi connectivity index (χ4v) is 3.35. The van der Waals surface area contributed by atoms with Crippen molar-refractivity contribution in [2.75, 3.05) is 12.3 Å². The van der Waals surface area contributed by atoms with Crippen LogP contribution in [0.3, 0.4) is 0 Å². The molecule has 1 aliphatic rings. The zero-order valence-electron chi connectivity index (χ0n) is 11.7. The molecule has 2 amide bonds. The Morgan fingerprint density at radius 2 is 2.05 bits per heavy atom. The number of carbonyl (C=O) groups excluding carboxylic acids is 2. The fraction of sp³-hybridized carbons (Fsp3) is 0.769. The van der Waals surface area contributed by atoms with E-state index in [0.29, 0.717) is 18.7 Å². The average molecular weight is 288 g/mol. The Bertz CT molecular complexity index is 385. The van der Waals surface area contributed by atoms with Gasteiger partial charge in [0.05, 0.1) is 12.5 Å². The van der Waals surface area contributed by atoms with E-state index in [9.17, 15) is 19.5 Å². The van der Waals surface area contributed by atoms with Gasteiger partial charge in [0, 0.05) is 25.0 Å². The van der Waals surface area contributed by atoms with Gasteiger partial charge in [-0.25, -0.2) is 4.79 Å². The van der Waals surface area contributed by atoms with Crippen LogP contribution in [0.2, 0.25) is 0 Å². The Kier molecular flexibility index (Phi) is 5.55. The molecule has 1 heterocycles. The van der Waals surface area contributed by atoms with Crippen molar-refractivity contribution in [1.82, 2.24) is 0 Å². The second-order valence-electron chi connectivity index (χ2n) is 5.14. The van der Waals surface area contributed by atoms with Crippen molar-refractivity contribution < 1.29 is 24.0 Å². The van der Waals surface area contributed by atoms with Gasteiger partial charge in [-0.2, -0.15) is 9.28 Å². The van der Waals surface area contributed by atoms with Crippen molar-refractivity contribution in [3.8, 4) is 0 Å². The predicted molar refractivity (Wildman–Crippen MR) is 73.8 cm³/mol. The summed E-state index contributed by atoms with van der Waals surface area (Å²) in [5, 5.41) is 9.49. The summed E-state index contributed by atoms with van der Waals surface area (Å²) in [6, 6.07) is -0.181. The highest BCUT2D eigenvalue weighted by atomic mass is 32.2. The third-order valence-electron chi connectivity index (χ3n) is 3.82. The van der Waals surface area contributed by atoms with Gasteiger partial charge in [-0.15, -0.1) is 0 Å². The molecule has 1 rings (SSSR count). The number of hydrogen-bond acceptors (Lipinski definition) is 4. The third-order valence-corrected chi connectivity index (χ3v) is 5.10. The van der Waals surface area contributed by atoms with Crippen LogP contribution in [-0.4, -0.2) is 45.0 Å². The lowest BCUT2D eigenvalue weighted by atomic mass is 10.1. The second kappa shape index (κ2) is 6.52. The lowest BCUT2D eigenvalue weighted by Gasteiger charge is -2.31. The lowest BCUT2D eigenvalue weighted by molar-refractivity contribution is -0.793. The number of hydrogen-bond donors (Lipinski definition) is 1. The number of nitrogens with zero attached hydrogens (tertiary/aromatic N) is 1. The first-order valence-electron chi connectivity index (χ1n) is 6.67. The van der Waals surface area contributed by atoms with Crippen LogP contribution >= 0.6 is 11.8 Å². The molecule has 0 aromatic carbocycles. The van der Waals surface area contributed by atoms with Crippen molar-refractivity contribution in [3.63, 3.8) is 0 Å². The van der Waals surface area contributed by atoms with Gasteiger partial charge in [0.25, 0.3) is 0 Å². The summed E-state index contributed by atoms with van der Waals surface area (Å²) in [5.41, 5.74) is 0. The molecule has 1 saturated heterocycles. The maximum atomic E-state index is 12.5. The van der Waals surface area contributed by atoms with E-state index >= 15 is 0 Å². The van der Waals surface area contributed by atoms with E-state index in [1.54, 1.807) is 13.8 Å². The minimum absolute atomic E-state index is 0.0380. The predicted octanol–water partition coefficient (Wildman–Crippen LogP) is 2.50. The van der Waals surface area contributed by atoms with Gasteiger partial charge in [-0.05, 0) is 13.8 Å². The number of quaternary nitrogens is 1. The zero-order valence-corrected chi connectivity index (χ0v) is 12.5. The molecule has 0 spiro atoms. The molecule has 1 N–H and O–H groups in total. The highest BCUT2D eigenvalue weighted by Crippen LogP contribution is 2.31. The normalized spacial score (nSPS) is 28.1. The first kappa shape index (κ1) is 16.2. The summed E-state index contributed by atoms with van der Waals surface area (Å²) in [6.45, 7) is 5.67. The molecule has 0 aromatic heterocycles. The third kappa shape index (κ3) is 3.17. The molecule has 1 aliphatic heterocycles. The summed E-state index contributed by atoms with van der Waals surface area (Å²) < 4.78 is -0.470. The smallest absolute Gasteiger partial charge is 0.435 e. The number of carbonyl (C=O) groups is 3. The maximum Gasteiger partial charge on any atom is 0.521 e. The Balaban J connectivity index is 2.78. The minimum Gasteiger partial charge on any atom is -0.435 e. The first-order valence-corrected chi connectivity index (χ1v) is 7.66. The molecule has 108 valence electrons. The van der Waals surface area contributed by atoms with Crippen molar-refractivity contribution in [2.45, 2.75) is 46.1 Å². The second-order valence-corrected chi connectivity index (χ2v) is 6.22. The number of likely N-dealkylation sites (tertiary alicyclic amines) is 1. The lowest BCUT2D eigenvalue weighted by Crippen LogP contribution is -2.60. The van der Waals surface area contributed by atoms with E-state index < -0.39 is 16.5 Å². The average Bonchev–Trinajstić information content (AvgIpc) is 2.77. The van der Waals surface area contributed by atoms with Crippen molar-refractivity contribution in [1.29, 1.82) is 0 Å². The molecule has 6 heteroatoms. The van der Waals surface area contributed by atoms with E-state index in [4.69, 9.17) is 0 Å². The molecule has 0 radical (unpaired) electrons. The highest BCUT2D eigenvalue weighted by molar-refractivity contribution is 8.13. The van der Waals surface area contributed by atoms with Gasteiger partial charge in [0.15, 0.2) is 5.12 Å². The summed E-state index contributed by atoms with van der Waals surface area (Å²) >= 11 is 1.12. The molecular formula is C13H22NO4S+. The molecule has 1 fully saturated rings. The van der Waals surface area contributed by atoms with Crippen LogP contribution < -0.4 is 0 Å². The minimum atomic E-state index is -1.06. The molecule has 19 heavy (non-hydrogen) atoms. The molecule has 3 atom stereocenters. The largest absolute Gasteiger partial charge is 0.521 e. The number of thioether (sulfide) groups is 1. The number of rotatable bonds is 4. The summed E-state index contributed by atoms with van der Waals surface area (Å²) in [4.78, 5) is 35.3. The van der Waals surface area contributed by atoms with Gasteiger partial charge in [0.1, 0.15) is 6.04 Å². The van der Waals surface area contributed by atoms with Crippen LogP contribution in [0.1, 0.15) is 40.0 Å². The van der Waals surface area contributed by atoms with E-state index in [2.05, 4.69) is 0 Å². The summed E-state index contributed by atoms with van der Waals surface area (Å²) in [7, 11) is 0. The van der Waals surface area contributed by atoms with Crippen molar-refractivity contribution in [3.05, 3.63) is 0 Å². The monoisotopic (exact) mass is 288 g/mol. The fourth-order valence-electron chi connectivity index (χ4n) is 2.57. The molecule has 2 unspecified atom stereocenters. The van der Waals surface area contributed by atoms with Crippen LogP contribution in [0.15, 0.2) is 0 Å². The first-order chi connectivity index (χ1) is 8.86. The Morgan fingerprint density at radius 1 is 1.42 bits per heavy atom. The molecule has 0 aromatic rings. The van der Waals surface area contributed by atoms with E-state index in [1.807, 2.05) is 6.92 Å². The van der Waals surface area contributed by atoms with Crippen LogP contribution in [0.4, 0.5) is 4.79 Å². The van der Waals surface area contributed by atoms with Crippen molar-refractivity contribution >= 4 is 28.9 Å². The van der Waals surface area contributed by atoms with Crippen LogP contribution in [-0.2, 0) is 9.59 Å². The van der Waals surface area contributed by atoms with Crippen molar-refractivity contribution in [2.24, 2.45) is 5.92 Å². The summed E-state index contributed by atoms with van der Waals surface area (Å²) in [5.74, 6) is -0.322. The number of carboxylic acid groups (broad SMARTS) is 1. The van der Waals surface area contributed by atoms with Crippen LogP contribution in [0, 0.1) is 5.92 Å². The zero-order chi connectivity index (χ0) is 14.6. The molecular weight excluding hydrogens is 266 g/mol. The van der Waals surface area contributed by atoms with Crippen LogP contribution in [0.25, 0.3) is 0 Å². The van der Waals surface area contributed by atoms with E-state index in [0.717, 1.165) is 24.6 Å². The van der Waals surface area contributed by atoms with E-state index in [-0.39, 0.29) is 17.1 Å². The number of amides is 2. The Morgan fingerprint density at radius 3 is 2.47 bits per heavy atom. The van der Waals surface area contributed by atoms with Gasteiger partial charge >= 0.3 is 12.0 Å². The quantitative estimate of drug-likeness (QED) is 0.805. The highest BCUT2D eigenvalue weighted by Gasteiger charge is 2.54. The van der Waals surface area contributed by atoms with Gasteiger partial charge in [0.2, 0.25) is 0 Å². The Hall–Kier alpha value is -0.880. The molecule has 0 bridgehead atoms. The van der Waals surface area contributed by atoms with E-state index in [1.165, 1.54) is 0 Å².